The quantitative estimate of drug-likeness (QED) is 0.590. The van der Waals surface area contributed by atoms with Crippen molar-refractivity contribution in [3.05, 3.63) is 46.9 Å². The van der Waals surface area contributed by atoms with Crippen molar-refractivity contribution in [1.29, 1.82) is 0 Å². The van der Waals surface area contributed by atoms with Crippen molar-refractivity contribution in [1.82, 2.24) is 29.7 Å². The second-order valence-corrected chi connectivity index (χ2v) is 7.88. The summed E-state index contributed by atoms with van der Waals surface area (Å²) in [5.74, 6) is 3.14. The Bertz CT molecular complexity index is 1050. The van der Waals surface area contributed by atoms with Gasteiger partial charge < -0.3 is 15.6 Å². The van der Waals surface area contributed by atoms with Crippen molar-refractivity contribution in [2.45, 2.75) is 50.1 Å². The molecule has 2 saturated carbocycles. The first-order valence-electron chi connectivity index (χ1n) is 10.1. The predicted octanol–water partition coefficient (Wildman–Crippen LogP) is 2.28. The molecule has 150 valence electrons. The lowest BCUT2D eigenvalue weighted by Gasteiger charge is -2.16. The molecule has 0 saturated heterocycles. The number of nitrogens with one attached hydrogen (secondary N) is 3. The first kappa shape index (κ1) is 17.8. The Balaban J connectivity index is 1.25. The molecule has 3 aromatic heterocycles. The van der Waals surface area contributed by atoms with E-state index in [0.717, 1.165) is 48.1 Å². The molecule has 2 aliphatic carbocycles. The summed E-state index contributed by atoms with van der Waals surface area (Å²) in [6, 6.07) is 3.88. The van der Waals surface area contributed by atoms with Gasteiger partial charge in [-0.15, -0.1) is 5.10 Å². The maximum atomic E-state index is 11.3. The predicted molar refractivity (Wildman–Crippen MR) is 110 cm³/mol. The van der Waals surface area contributed by atoms with E-state index in [2.05, 4.69) is 35.7 Å². The minimum atomic E-state index is -0.134. The first-order chi connectivity index (χ1) is 14.2. The van der Waals surface area contributed by atoms with E-state index >= 15 is 0 Å². The molecule has 0 radical (unpaired) electrons. The highest BCUT2D eigenvalue weighted by Crippen LogP contribution is 2.39. The molecule has 0 spiro atoms. The zero-order valence-electron chi connectivity index (χ0n) is 16.3. The SMILES string of the molecule is Cn1nc(N[C@H]2CC[C@H](Nc3nccnc3-c3ccc(=O)[nH]c3)C2)nc1C1CC1. The summed E-state index contributed by atoms with van der Waals surface area (Å²) in [5, 5.41) is 11.6. The van der Waals surface area contributed by atoms with Crippen LogP contribution in [0.1, 0.15) is 43.8 Å². The van der Waals surface area contributed by atoms with Crippen molar-refractivity contribution < 1.29 is 0 Å². The third-order valence-electron chi connectivity index (χ3n) is 5.60. The molecule has 0 aromatic carbocycles. The fraction of sp³-hybridized carbons (Fsp3) is 0.450. The number of H-pyrrole nitrogens is 1. The third kappa shape index (κ3) is 3.85. The maximum Gasteiger partial charge on any atom is 0.247 e. The van der Waals surface area contributed by atoms with Gasteiger partial charge in [-0.25, -0.2) is 4.98 Å². The molecule has 3 N–H and O–H groups in total. The number of aromatic amines is 1. The van der Waals surface area contributed by atoms with E-state index in [9.17, 15) is 4.79 Å². The van der Waals surface area contributed by atoms with Crippen molar-refractivity contribution in [3.63, 3.8) is 0 Å². The van der Waals surface area contributed by atoms with Crippen LogP contribution in [0.5, 0.6) is 0 Å². The summed E-state index contributed by atoms with van der Waals surface area (Å²) in [6.07, 6.45) is 10.5. The molecule has 0 bridgehead atoms. The van der Waals surface area contributed by atoms with Crippen LogP contribution in [0.3, 0.4) is 0 Å². The zero-order valence-corrected chi connectivity index (χ0v) is 16.3. The van der Waals surface area contributed by atoms with Crippen LogP contribution in [0.4, 0.5) is 11.8 Å². The molecule has 0 unspecified atom stereocenters. The van der Waals surface area contributed by atoms with Gasteiger partial charge in [-0.1, -0.05) is 0 Å². The van der Waals surface area contributed by atoms with Gasteiger partial charge >= 0.3 is 0 Å². The van der Waals surface area contributed by atoms with Gasteiger partial charge in [-0.05, 0) is 38.2 Å². The van der Waals surface area contributed by atoms with Crippen LogP contribution in [0.25, 0.3) is 11.3 Å². The molecular weight excluding hydrogens is 368 g/mol. The van der Waals surface area contributed by atoms with Gasteiger partial charge in [0.1, 0.15) is 11.5 Å². The molecule has 9 nitrogen and oxygen atoms in total. The molecule has 2 atom stereocenters. The van der Waals surface area contributed by atoms with Gasteiger partial charge in [-0.2, -0.15) is 4.98 Å². The van der Waals surface area contributed by atoms with E-state index in [-0.39, 0.29) is 11.6 Å². The Morgan fingerprint density at radius 2 is 1.86 bits per heavy atom. The number of hydrogen-bond acceptors (Lipinski definition) is 7. The number of nitrogens with zero attached hydrogens (tertiary/aromatic N) is 5. The first-order valence-corrected chi connectivity index (χ1v) is 10.1. The lowest BCUT2D eigenvalue weighted by atomic mass is 10.2. The minimum Gasteiger partial charge on any atom is -0.365 e. The number of anilines is 2. The van der Waals surface area contributed by atoms with Crippen molar-refractivity contribution in [3.8, 4) is 11.3 Å². The molecule has 0 amide bonds. The van der Waals surface area contributed by atoms with Crippen LogP contribution in [-0.4, -0.2) is 41.8 Å². The highest BCUT2D eigenvalue weighted by molar-refractivity contribution is 5.70. The average molecular weight is 392 g/mol. The molecule has 5 rings (SSSR count). The van der Waals surface area contributed by atoms with E-state index in [1.54, 1.807) is 24.7 Å². The van der Waals surface area contributed by atoms with Gasteiger partial charge in [0.15, 0.2) is 5.82 Å². The Morgan fingerprint density at radius 1 is 1.07 bits per heavy atom. The van der Waals surface area contributed by atoms with Gasteiger partial charge in [0.05, 0.1) is 0 Å². The molecule has 29 heavy (non-hydrogen) atoms. The van der Waals surface area contributed by atoms with Crippen LogP contribution >= 0.6 is 0 Å². The highest BCUT2D eigenvalue weighted by Gasteiger charge is 2.30. The second-order valence-electron chi connectivity index (χ2n) is 7.88. The Morgan fingerprint density at radius 3 is 2.62 bits per heavy atom. The number of pyridine rings is 1. The number of aromatic nitrogens is 6. The zero-order chi connectivity index (χ0) is 19.8. The summed E-state index contributed by atoms with van der Waals surface area (Å²) in [6.45, 7) is 0. The Kier molecular flexibility index (Phi) is 4.49. The van der Waals surface area contributed by atoms with E-state index in [1.165, 1.54) is 18.9 Å². The van der Waals surface area contributed by atoms with Gasteiger partial charge in [0.25, 0.3) is 0 Å². The minimum absolute atomic E-state index is 0.134. The van der Waals surface area contributed by atoms with Crippen LogP contribution < -0.4 is 16.2 Å². The van der Waals surface area contributed by atoms with Crippen molar-refractivity contribution in [2.75, 3.05) is 10.6 Å². The molecule has 3 heterocycles. The molecule has 0 aliphatic heterocycles. The Hall–Kier alpha value is -3.23. The fourth-order valence-corrected chi connectivity index (χ4v) is 3.99. The molecule has 2 aliphatic rings. The van der Waals surface area contributed by atoms with Crippen LogP contribution in [0.15, 0.2) is 35.5 Å². The smallest absolute Gasteiger partial charge is 0.247 e. The molecular formula is C20H24N8O. The van der Waals surface area contributed by atoms with E-state index < -0.39 is 0 Å². The molecule has 9 heteroatoms. The second kappa shape index (κ2) is 7.31. The average Bonchev–Trinajstić information content (AvgIpc) is 3.37. The van der Waals surface area contributed by atoms with Gasteiger partial charge in [0, 0.05) is 55.3 Å². The monoisotopic (exact) mass is 392 g/mol. The van der Waals surface area contributed by atoms with Crippen LogP contribution in [-0.2, 0) is 7.05 Å². The lowest BCUT2D eigenvalue weighted by Crippen LogP contribution is -2.22. The highest BCUT2D eigenvalue weighted by atomic mass is 16.1. The van der Waals surface area contributed by atoms with E-state index in [4.69, 9.17) is 0 Å². The fourth-order valence-electron chi connectivity index (χ4n) is 3.99. The van der Waals surface area contributed by atoms with Crippen molar-refractivity contribution >= 4 is 11.8 Å². The number of hydrogen-bond donors (Lipinski definition) is 3. The number of rotatable bonds is 6. The largest absolute Gasteiger partial charge is 0.365 e. The Labute approximate surface area is 168 Å². The summed E-state index contributed by atoms with van der Waals surface area (Å²) in [7, 11) is 1.97. The number of aryl methyl sites for hydroxylation is 1. The molecule has 3 aromatic rings. The summed E-state index contributed by atoms with van der Waals surface area (Å²) in [4.78, 5) is 27.6. The van der Waals surface area contributed by atoms with Gasteiger partial charge in [0.2, 0.25) is 11.5 Å². The van der Waals surface area contributed by atoms with E-state index in [1.807, 2.05) is 11.7 Å². The van der Waals surface area contributed by atoms with E-state index in [0.29, 0.717) is 12.0 Å². The van der Waals surface area contributed by atoms with Crippen LogP contribution in [0.2, 0.25) is 0 Å². The molecule has 2 fully saturated rings. The maximum absolute atomic E-state index is 11.3. The standard InChI is InChI=1S/C20H24N8O/c1-28-19(12-2-3-12)26-20(27-28)25-15-6-5-14(10-15)24-18-17(21-8-9-22-18)13-4-7-16(29)23-11-13/h4,7-9,11-12,14-15H,2-3,5-6,10H2,1H3,(H,22,24)(H,23,29)(H,25,27)/t14-,15-/m0/s1. The summed E-state index contributed by atoms with van der Waals surface area (Å²) < 4.78 is 1.90. The normalized spacial score (nSPS) is 21.3. The topological polar surface area (TPSA) is 113 Å². The van der Waals surface area contributed by atoms with Gasteiger partial charge in [-0.3, -0.25) is 14.5 Å². The summed E-state index contributed by atoms with van der Waals surface area (Å²) in [5.41, 5.74) is 1.43. The lowest BCUT2D eigenvalue weighted by molar-refractivity contribution is 0.694. The third-order valence-corrected chi connectivity index (χ3v) is 5.60. The van der Waals surface area contributed by atoms with Crippen LogP contribution in [0, 0.1) is 0 Å². The summed E-state index contributed by atoms with van der Waals surface area (Å²) >= 11 is 0. The van der Waals surface area contributed by atoms with Crippen molar-refractivity contribution in [2.24, 2.45) is 7.05 Å².